The van der Waals surface area contributed by atoms with Crippen LogP contribution in [0, 0.1) is 0 Å². The van der Waals surface area contributed by atoms with Gasteiger partial charge >= 0.3 is 6.09 Å². The second-order valence-electron chi connectivity index (χ2n) is 4.00. The fraction of sp³-hybridized carbons (Fsp3) is 0.800. The van der Waals surface area contributed by atoms with Crippen molar-refractivity contribution >= 4 is 22.9 Å². The van der Waals surface area contributed by atoms with Gasteiger partial charge in [-0.15, -0.1) is 0 Å². The third kappa shape index (κ3) is 5.86. The van der Waals surface area contributed by atoms with Crippen molar-refractivity contribution in [1.82, 2.24) is 15.3 Å². The Bertz CT molecular complexity index is 277. The van der Waals surface area contributed by atoms with E-state index < -0.39 is 6.09 Å². The summed E-state index contributed by atoms with van der Waals surface area (Å²) in [6.07, 6.45) is 0.888. The van der Waals surface area contributed by atoms with Crippen LogP contribution in [-0.4, -0.2) is 54.4 Å². The normalized spacial score (nSPS) is 19.1. The van der Waals surface area contributed by atoms with Crippen molar-refractivity contribution in [2.45, 2.75) is 19.8 Å². The van der Waals surface area contributed by atoms with E-state index in [-0.39, 0.29) is 0 Å². The lowest BCUT2D eigenvalue weighted by Crippen LogP contribution is -2.52. The molecule has 0 bridgehead atoms. The molecule has 6 nitrogen and oxygen atoms in total. The zero-order valence-electron chi connectivity index (χ0n) is 10.3. The second kappa shape index (κ2) is 7.47. The van der Waals surface area contributed by atoms with Crippen LogP contribution in [0.3, 0.4) is 0 Å². The summed E-state index contributed by atoms with van der Waals surface area (Å²) >= 11 is 5.71. The summed E-state index contributed by atoms with van der Waals surface area (Å²) in [6.45, 7) is 5.36. The van der Waals surface area contributed by atoms with E-state index in [4.69, 9.17) is 11.6 Å². The maximum absolute atomic E-state index is 11.3. The maximum atomic E-state index is 11.3. The molecule has 1 fully saturated rings. The van der Waals surface area contributed by atoms with E-state index >= 15 is 0 Å². The second-order valence-corrected chi connectivity index (χ2v) is 4.43. The third-order valence-corrected chi connectivity index (χ3v) is 2.69. The number of piperazine rings is 1. The first kappa shape index (κ1) is 14.2. The molecule has 0 saturated carbocycles. The van der Waals surface area contributed by atoms with E-state index in [2.05, 4.69) is 20.3 Å². The number of amides is 1. The Morgan fingerprint density at radius 1 is 1.41 bits per heavy atom. The Balaban J connectivity index is 2.23. The minimum atomic E-state index is -0.594. The molecule has 7 heteroatoms. The quantitative estimate of drug-likeness (QED) is 0.470. The highest BCUT2D eigenvalue weighted by Crippen LogP contribution is 1.99. The molecule has 98 valence electrons. The monoisotopic (exact) mass is 262 g/mol. The van der Waals surface area contributed by atoms with Gasteiger partial charge < -0.3 is 4.90 Å². The van der Waals surface area contributed by atoms with E-state index in [1.54, 1.807) is 0 Å². The number of oxime groups is 1. The zero-order chi connectivity index (χ0) is 12.7. The predicted molar refractivity (Wildman–Crippen MR) is 66.9 cm³/mol. The Morgan fingerprint density at radius 3 is 2.65 bits per heavy atom. The van der Waals surface area contributed by atoms with Crippen LogP contribution in [0.25, 0.3) is 0 Å². The number of nitrogens with one attached hydrogen (secondary N) is 1. The van der Waals surface area contributed by atoms with Gasteiger partial charge in [-0.25, -0.2) is 9.80 Å². The van der Waals surface area contributed by atoms with Gasteiger partial charge in [0, 0.05) is 32.6 Å². The van der Waals surface area contributed by atoms with Gasteiger partial charge in [-0.1, -0.05) is 23.7 Å². The minimum Gasteiger partial charge on any atom is -0.304 e. The van der Waals surface area contributed by atoms with Crippen LogP contribution in [0.5, 0.6) is 0 Å². The highest BCUT2D eigenvalue weighted by Gasteiger charge is 2.16. The zero-order valence-corrected chi connectivity index (χ0v) is 11.0. The molecule has 1 rings (SSSR count). The molecule has 1 heterocycles. The van der Waals surface area contributed by atoms with Crippen LogP contribution < -0.4 is 5.43 Å². The Hall–Kier alpha value is -0.850. The fourth-order valence-corrected chi connectivity index (χ4v) is 1.63. The molecule has 1 saturated heterocycles. The molecule has 0 unspecified atom stereocenters. The molecule has 1 N–H and O–H groups in total. The molecule has 1 aliphatic rings. The van der Waals surface area contributed by atoms with Crippen LogP contribution in [-0.2, 0) is 4.84 Å². The Labute approximate surface area is 106 Å². The molecule has 0 atom stereocenters. The summed E-state index contributed by atoms with van der Waals surface area (Å²) in [5.74, 6) is 0. The van der Waals surface area contributed by atoms with Crippen LogP contribution in [0.15, 0.2) is 5.16 Å². The first-order valence-corrected chi connectivity index (χ1v) is 6.13. The number of hydrazine groups is 1. The number of carbonyl (C=O) groups excluding carboxylic acids is 1. The van der Waals surface area contributed by atoms with Crippen LogP contribution in [0.1, 0.15) is 19.8 Å². The standard InChI is InChI=1S/C10H19ClN4O2/c1-3-4-9(11)13-17-10(16)12-15-7-5-14(2)6-8-15/h3-8H2,1-2H3,(H,12,16)/b13-9+. The van der Waals surface area contributed by atoms with E-state index in [0.717, 1.165) is 32.6 Å². The number of likely N-dealkylation sites (N-methyl/N-ethyl adjacent to an activating group) is 1. The van der Waals surface area contributed by atoms with Gasteiger partial charge in [0.25, 0.3) is 0 Å². The van der Waals surface area contributed by atoms with Crippen LogP contribution >= 0.6 is 11.6 Å². The lowest BCUT2D eigenvalue weighted by atomic mass is 10.4. The maximum Gasteiger partial charge on any atom is 0.448 e. The highest BCUT2D eigenvalue weighted by atomic mass is 35.5. The third-order valence-electron chi connectivity index (χ3n) is 2.44. The molecule has 0 aromatic carbocycles. The average Bonchev–Trinajstić information content (AvgIpc) is 2.30. The van der Waals surface area contributed by atoms with Gasteiger partial charge in [-0.2, -0.15) is 0 Å². The Kier molecular flexibility index (Phi) is 6.25. The molecular weight excluding hydrogens is 244 g/mol. The fourth-order valence-electron chi connectivity index (χ4n) is 1.41. The van der Waals surface area contributed by atoms with E-state index in [9.17, 15) is 4.79 Å². The van der Waals surface area contributed by atoms with Gasteiger partial charge in [-0.05, 0) is 13.5 Å². The molecule has 1 amide bonds. The van der Waals surface area contributed by atoms with Crippen molar-refractivity contribution in [2.24, 2.45) is 5.16 Å². The van der Waals surface area contributed by atoms with E-state index in [0.29, 0.717) is 11.6 Å². The largest absolute Gasteiger partial charge is 0.448 e. The van der Waals surface area contributed by atoms with E-state index in [1.807, 2.05) is 19.0 Å². The summed E-state index contributed by atoms with van der Waals surface area (Å²) < 4.78 is 0. The first-order chi connectivity index (χ1) is 8.11. The smallest absolute Gasteiger partial charge is 0.304 e. The lowest BCUT2D eigenvalue weighted by Gasteiger charge is -2.31. The summed E-state index contributed by atoms with van der Waals surface area (Å²) in [5, 5.41) is 5.64. The van der Waals surface area contributed by atoms with Gasteiger partial charge in [0.2, 0.25) is 0 Å². The van der Waals surface area contributed by atoms with Crippen LogP contribution in [0.4, 0.5) is 4.79 Å². The summed E-state index contributed by atoms with van der Waals surface area (Å²) in [5.41, 5.74) is 2.62. The van der Waals surface area contributed by atoms with Crippen molar-refractivity contribution in [2.75, 3.05) is 33.2 Å². The van der Waals surface area contributed by atoms with Crippen molar-refractivity contribution in [1.29, 1.82) is 0 Å². The molecule has 0 aromatic rings. The predicted octanol–water partition coefficient (Wildman–Crippen LogP) is 1.23. The summed E-state index contributed by atoms with van der Waals surface area (Å²) in [4.78, 5) is 18.2. The topological polar surface area (TPSA) is 57.2 Å². The molecule has 0 radical (unpaired) electrons. The summed E-state index contributed by atoms with van der Waals surface area (Å²) in [6, 6.07) is 0. The van der Waals surface area contributed by atoms with Gasteiger partial charge in [-0.3, -0.25) is 10.3 Å². The number of hydrogen-bond donors (Lipinski definition) is 1. The molecule has 0 aliphatic carbocycles. The van der Waals surface area contributed by atoms with Gasteiger partial charge in [0.05, 0.1) is 0 Å². The number of nitrogens with zero attached hydrogens (tertiary/aromatic N) is 3. The number of carbonyl (C=O) groups is 1. The molecule has 0 aromatic heterocycles. The van der Waals surface area contributed by atoms with Crippen molar-refractivity contribution in [3.05, 3.63) is 0 Å². The van der Waals surface area contributed by atoms with Crippen molar-refractivity contribution in [3.8, 4) is 0 Å². The number of halogens is 1. The molecule has 1 aliphatic heterocycles. The minimum absolute atomic E-state index is 0.307. The molecular formula is C10H19ClN4O2. The van der Waals surface area contributed by atoms with Gasteiger partial charge in [0.1, 0.15) is 5.17 Å². The van der Waals surface area contributed by atoms with Crippen LogP contribution in [0.2, 0.25) is 0 Å². The van der Waals surface area contributed by atoms with Crippen molar-refractivity contribution < 1.29 is 9.63 Å². The number of rotatable bonds is 4. The molecule has 0 spiro atoms. The number of hydrogen-bond acceptors (Lipinski definition) is 5. The molecule has 17 heavy (non-hydrogen) atoms. The SMILES string of the molecule is CCC/C(Cl)=N\OC(=O)NN1CCN(C)CC1. The lowest BCUT2D eigenvalue weighted by molar-refractivity contribution is 0.0781. The highest BCUT2D eigenvalue weighted by molar-refractivity contribution is 6.65. The first-order valence-electron chi connectivity index (χ1n) is 5.75. The van der Waals surface area contributed by atoms with E-state index in [1.165, 1.54) is 0 Å². The summed E-state index contributed by atoms with van der Waals surface area (Å²) in [7, 11) is 2.05. The van der Waals surface area contributed by atoms with Gasteiger partial charge in [0.15, 0.2) is 0 Å². The average molecular weight is 263 g/mol. The van der Waals surface area contributed by atoms with Crippen molar-refractivity contribution in [3.63, 3.8) is 0 Å². The Morgan fingerprint density at radius 2 is 2.06 bits per heavy atom.